The van der Waals surface area contributed by atoms with E-state index in [9.17, 15) is 4.79 Å². The van der Waals surface area contributed by atoms with Crippen molar-refractivity contribution >= 4 is 11.6 Å². The average molecular weight is 271 g/mol. The van der Waals surface area contributed by atoms with E-state index >= 15 is 0 Å². The van der Waals surface area contributed by atoms with Gasteiger partial charge in [-0.1, -0.05) is 23.7 Å². The van der Waals surface area contributed by atoms with E-state index in [0.29, 0.717) is 16.3 Å². The molecule has 0 aliphatic carbocycles. The van der Waals surface area contributed by atoms with Gasteiger partial charge in [0.15, 0.2) is 0 Å². The van der Waals surface area contributed by atoms with Crippen molar-refractivity contribution in [1.82, 2.24) is 9.55 Å². The number of aromatic nitrogens is 2. The monoisotopic (exact) mass is 270 g/mol. The number of hydrogen-bond donors (Lipinski definition) is 0. The predicted octanol–water partition coefficient (Wildman–Crippen LogP) is 3.21. The Morgan fingerprint density at radius 3 is 2.63 bits per heavy atom. The molecule has 0 unspecified atom stereocenters. The van der Waals surface area contributed by atoms with Crippen LogP contribution >= 0.6 is 11.6 Å². The number of hydrogen-bond acceptors (Lipinski definition) is 2. The summed E-state index contributed by atoms with van der Waals surface area (Å²) in [6, 6.07) is 12.8. The second-order valence-corrected chi connectivity index (χ2v) is 4.81. The average Bonchev–Trinajstić information content (AvgIpc) is 2.41. The summed E-state index contributed by atoms with van der Waals surface area (Å²) >= 11 is 5.86. The molecule has 0 fully saturated rings. The SMILES string of the molecule is Cn1cccc2c(=O)nc(-c3ccc(Cl)cc3)cc1-2. The lowest BCUT2D eigenvalue weighted by Crippen LogP contribution is -2.14. The fraction of sp³-hybridized carbons (Fsp3) is 0.0667. The molecule has 2 aliphatic heterocycles. The highest BCUT2D eigenvalue weighted by Gasteiger charge is 2.12. The van der Waals surface area contributed by atoms with Gasteiger partial charge in [0.05, 0.1) is 17.0 Å². The van der Waals surface area contributed by atoms with E-state index in [2.05, 4.69) is 4.98 Å². The summed E-state index contributed by atoms with van der Waals surface area (Å²) < 4.78 is 1.91. The lowest BCUT2D eigenvalue weighted by Gasteiger charge is -2.11. The topological polar surface area (TPSA) is 34.9 Å². The molecule has 2 aliphatic rings. The molecule has 0 atom stereocenters. The molecule has 0 bridgehead atoms. The highest BCUT2D eigenvalue weighted by Crippen LogP contribution is 2.24. The third-order valence-corrected chi connectivity index (χ3v) is 3.35. The van der Waals surface area contributed by atoms with Crippen molar-refractivity contribution < 1.29 is 0 Å². The first kappa shape index (κ1) is 11.9. The standard InChI is InChI=1S/C15H11ClN2O/c1-18-8-2-3-12-14(18)9-13(17-15(12)19)10-4-6-11(16)7-5-10/h2-9H,1H3. The van der Waals surface area contributed by atoms with Gasteiger partial charge in [-0.2, -0.15) is 0 Å². The van der Waals surface area contributed by atoms with E-state index in [0.717, 1.165) is 11.3 Å². The third kappa shape index (κ3) is 2.13. The van der Waals surface area contributed by atoms with Crippen molar-refractivity contribution in [2.75, 3.05) is 0 Å². The second kappa shape index (κ2) is 4.52. The van der Waals surface area contributed by atoms with Crippen molar-refractivity contribution in [2.45, 2.75) is 0 Å². The van der Waals surface area contributed by atoms with Gasteiger partial charge in [0, 0.05) is 23.8 Å². The molecule has 3 rings (SSSR count). The van der Waals surface area contributed by atoms with Crippen LogP contribution in [0.15, 0.2) is 53.5 Å². The fourth-order valence-electron chi connectivity index (χ4n) is 2.08. The molecule has 4 heteroatoms. The molecule has 0 radical (unpaired) electrons. The summed E-state index contributed by atoms with van der Waals surface area (Å²) in [5.41, 5.74) is 2.83. The summed E-state index contributed by atoms with van der Waals surface area (Å²) in [5, 5.41) is 0.664. The lowest BCUT2D eigenvalue weighted by molar-refractivity contribution is 0.906. The molecule has 94 valence electrons. The lowest BCUT2D eigenvalue weighted by atomic mass is 10.1. The molecule has 0 spiro atoms. The molecule has 3 nitrogen and oxygen atoms in total. The molecule has 0 amide bonds. The van der Waals surface area contributed by atoms with Crippen LogP contribution in [0.2, 0.25) is 5.02 Å². The van der Waals surface area contributed by atoms with E-state index in [-0.39, 0.29) is 5.56 Å². The first-order valence-corrected chi connectivity index (χ1v) is 6.25. The maximum absolute atomic E-state index is 12.0. The van der Waals surface area contributed by atoms with Crippen LogP contribution in [0.3, 0.4) is 0 Å². The zero-order valence-corrected chi connectivity index (χ0v) is 11.1. The summed E-state index contributed by atoms with van der Waals surface area (Å²) in [6.07, 6.45) is 1.91. The van der Waals surface area contributed by atoms with Crippen molar-refractivity contribution in [1.29, 1.82) is 0 Å². The maximum Gasteiger partial charge on any atom is 0.279 e. The number of benzene rings is 1. The Bertz CT molecular complexity index is 762. The summed E-state index contributed by atoms with van der Waals surface area (Å²) in [7, 11) is 1.91. The number of halogens is 1. The molecule has 0 N–H and O–H groups in total. The number of rotatable bonds is 1. The molecule has 0 saturated heterocycles. The Morgan fingerprint density at radius 2 is 1.89 bits per heavy atom. The van der Waals surface area contributed by atoms with Gasteiger partial charge in [0.2, 0.25) is 0 Å². The Hall–Kier alpha value is -2.13. The van der Waals surface area contributed by atoms with Crippen molar-refractivity contribution in [3.05, 3.63) is 64.0 Å². The Balaban J connectivity index is 2.26. The minimum atomic E-state index is -0.210. The van der Waals surface area contributed by atoms with E-state index in [4.69, 9.17) is 11.6 Å². The molecule has 1 aromatic carbocycles. The van der Waals surface area contributed by atoms with Gasteiger partial charge in [-0.15, -0.1) is 0 Å². The Kier molecular flexibility index (Phi) is 2.84. The normalized spacial score (nSPS) is 10.8. The maximum atomic E-state index is 12.0. The van der Waals surface area contributed by atoms with Crippen LogP contribution in [0.4, 0.5) is 0 Å². The quantitative estimate of drug-likeness (QED) is 0.681. The van der Waals surface area contributed by atoms with E-state index in [1.165, 1.54) is 0 Å². The van der Waals surface area contributed by atoms with Crippen LogP contribution < -0.4 is 5.56 Å². The van der Waals surface area contributed by atoms with Gasteiger partial charge in [0.1, 0.15) is 0 Å². The van der Waals surface area contributed by atoms with E-state index in [1.807, 2.05) is 42.1 Å². The Labute approximate surface area is 115 Å². The first-order chi connectivity index (χ1) is 9.15. The second-order valence-electron chi connectivity index (χ2n) is 4.37. The number of pyridine rings is 2. The number of nitrogens with zero attached hydrogens (tertiary/aromatic N) is 2. The summed E-state index contributed by atoms with van der Waals surface area (Å²) in [4.78, 5) is 16.2. The zero-order valence-electron chi connectivity index (χ0n) is 10.3. The molecule has 0 saturated carbocycles. The first-order valence-electron chi connectivity index (χ1n) is 5.87. The van der Waals surface area contributed by atoms with Crippen molar-refractivity contribution in [3.8, 4) is 22.5 Å². The van der Waals surface area contributed by atoms with E-state index in [1.54, 1.807) is 18.2 Å². The van der Waals surface area contributed by atoms with Gasteiger partial charge < -0.3 is 4.57 Å². The molecular formula is C15H11ClN2O. The molecule has 2 heterocycles. The smallest absolute Gasteiger partial charge is 0.279 e. The molecule has 19 heavy (non-hydrogen) atoms. The van der Waals surface area contributed by atoms with Gasteiger partial charge in [0.25, 0.3) is 5.56 Å². The summed E-state index contributed by atoms with van der Waals surface area (Å²) in [6.45, 7) is 0. The van der Waals surface area contributed by atoms with Gasteiger partial charge in [-0.05, 0) is 30.3 Å². The summed E-state index contributed by atoms with van der Waals surface area (Å²) in [5.74, 6) is 0. The largest absolute Gasteiger partial charge is 0.350 e. The van der Waals surface area contributed by atoms with E-state index < -0.39 is 0 Å². The molecule has 0 aromatic heterocycles. The highest BCUT2D eigenvalue weighted by molar-refractivity contribution is 6.30. The van der Waals surface area contributed by atoms with Gasteiger partial charge in [-0.3, -0.25) is 4.79 Å². The van der Waals surface area contributed by atoms with Crippen LogP contribution in [0.5, 0.6) is 0 Å². The van der Waals surface area contributed by atoms with Crippen LogP contribution in [-0.2, 0) is 7.05 Å². The zero-order chi connectivity index (χ0) is 13.4. The van der Waals surface area contributed by atoms with Gasteiger partial charge >= 0.3 is 0 Å². The molecule has 1 aromatic rings. The Morgan fingerprint density at radius 1 is 1.16 bits per heavy atom. The minimum Gasteiger partial charge on any atom is -0.350 e. The van der Waals surface area contributed by atoms with Crippen LogP contribution in [0, 0.1) is 0 Å². The van der Waals surface area contributed by atoms with Gasteiger partial charge in [-0.25, -0.2) is 4.98 Å². The predicted molar refractivity (Wildman–Crippen MR) is 76.5 cm³/mol. The number of fused-ring (bicyclic) bond motifs is 1. The minimum absolute atomic E-state index is 0.210. The number of aryl methyl sites for hydroxylation is 1. The molecular weight excluding hydrogens is 260 g/mol. The highest BCUT2D eigenvalue weighted by atomic mass is 35.5. The van der Waals surface area contributed by atoms with Crippen molar-refractivity contribution in [3.63, 3.8) is 0 Å². The fourth-order valence-corrected chi connectivity index (χ4v) is 2.21. The van der Waals surface area contributed by atoms with Crippen LogP contribution in [0.25, 0.3) is 22.5 Å². The van der Waals surface area contributed by atoms with Crippen LogP contribution in [-0.4, -0.2) is 9.55 Å². The third-order valence-electron chi connectivity index (χ3n) is 3.09. The van der Waals surface area contributed by atoms with Crippen molar-refractivity contribution in [2.24, 2.45) is 7.05 Å². The van der Waals surface area contributed by atoms with Crippen LogP contribution in [0.1, 0.15) is 0 Å².